The van der Waals surface area contributed by atoms with Gasteiger partial charge < -0.3 is 11.1 Å². The molecule has 0 aliphatic rings. The first kappa shape index (κ1) is 14.7. The number of hydrogen-bond donors (Lipinski definition) is 2. The predicted octanol–water partition coefficient (Wildman–Crippen LogP) is 2.50. The van der Waals surface area contributed by atoms with Gasteiger partial charge in [0.2, 0.25) is 0 Å². The van der Waals surface area contributed by atoms with Gasteiger partial charge >= 0.3 is 0 Å². The highest BCUT2D eigenvalue weighted by Gasteiger charge is 2.24. The molecule has 3 nitrogen and oxygen atoms in total. The molecule has 1 atom stereocenters. The molecule has 0 aromatic heterocycles. The minimum absolute atomic E-state index is 0.00486. The largest absolute Gasteiger partial charge is 0.347 e. The zero-order chi connectivity index (χ0) is 13.6. The Labute approximate surface area is 110 Å². The molecule has 1 aromatic rings. The molecule has 100 valence electrons. The van der Waals surface area contributed by atoms with Crippen LogP contribution in [0.3, 0.4) is 0 Å². The summed E-state index contributed by atoms with van der Waals surface area (Å²) in [6.07, 6.45) is 2.54. The zero-order valence-corrected chi connectivity index (χ0v) is 11.6. The Bertz CT molecular complexity index is 403. The monoisotopic (exact) mass is 248 g/mol. The topological polar surface area (TPSA) is 55.1 Å². The summed E-state index contributed by atoms with van der Waals surface area (Å²) >= 11 is 0. The normalized spacial score (nSPS) is 14.0. The van der Waals surface area contributed by atoms with E-state index in [1.165, 1.54) is 0 Å². The van der Waals surface area contributed by atoms with Crippen LogP contribution in [0.2, 0.25) is 0 Å². The second-order valence-corrected chi connectivity index (χ2v) is 4.92. The Morgan fingerprint density at radius 2 is 2.00 bits per heavy atom. The molecule has 0 heterocycles. The van der Waals surface area contributed by atoms with Gasteiger partial charge in [0.05, 0.1) is 0 Å². The van der Waals surface area contributed by atoms with Gasteiger partial charge in [0.15, 0.2) is 0 Å². The van der Waals surface area contributed by atoms with E-state index in [-0.39, 0.29) is 11.4 Å². The molecule has 0 aliphatic carbocycles. The van der Waals surface area contributed by atoms with Crippen LogP contribution < -0.4 is 11.1 Å². The van der Waals surface area contributed by atoms with E-state index in [0.29, 0.717) is 6.54 Å². The average Bonchev–Trinajstić information content (AvgIpc) is 2.38. The molecule has 18 heavy (non-hydrogen) atoms. The molecular weight excluding hydrogens is 224 g/mol. The molecule has 0 aliphatic heterocycles. The number of benzene rings is 1. The molecule has 0 radical (unpaired) electrons. The fourth-order valence-corrected chi connectivity index (χ4v) is 2.04. The van der Waals surface area contributed by atoms with Gasteiger partial charge in [-0.1, -0.05) is 32.0 Å². The molecule has 0 saturated carbocycles. The maximum absolute atomic E-state index is 12.3. The number of carbonyl (C=O) groups is 1. The van der Waals surface area contributed by atoms with Gasteiger partial charge in [0, 0.05) is 11.1 Å². The minimum Gasteiger partial charge on any atom is -0.347 e. The van der Waals surface area contributed by atoms with E-state index in [1.54, 1.807) is 0 Å². The summed E-state index contributed by atoms with van der Waals surface area (Å²) in [4.78, 5) is 12.3. The lowest BCUT2D eigenvalue weighted by atomic mass is 9.93. The lowest BCUT2D eigenvalue weighted by Gasteiger charge is -2.29. The fourth-order valence-electron chi connectivity index (χ4n) is 2.04. The van der Waals surface area contributed by atoms with Crippen LogP contribution in [0.25, 0.3) is 0 Å². The van der Waals surface area contributed by atoms with Crippen LogP contribution >= 0.6 is 0 Å². The number of hydrogen-bond acceptors (Lipinski definition) is 2. The molecule has 3 N–H and O–H groups in total. The first-order valence-electron chi connectivity index (χ1n) is 6.66. The quantitative estimate of drug-likeness (QED) is 0.812. The highest BCUT2D eigenvalue weighted by molar-refractivity contribution is 5.96. The van der Waals surface area contributed by atoms with Gasteiger partial charge in [0.1, 0.15) is 0 Å². The number of rotatable bonds is 6. The third-order valence-corrected chi connectivity index (χ3v) is 3.53. The van der Waals surface area contributed by atoms with Crippen molar-refractivity contribution < 1.29 is 4.79 Å². The van der Waals surface area contributed by atoms with Crippen LogP contribution in [0.5, 0.6) is 0 Å². The first-order chi connectivity index (χ1) is 8.56. The van der Waals surface area contributed by atoms with Crippen LogP contribution in [-0.4, -0.2) is 18.0 Å². The van der Waals surface area contributed by atoms with Crippen LogP contribution in [0.4, 0.5) is 0 Å². The van der Waals surface area contributed by atoms with E-state index in [2.05, 4.69) is 19.2 Å². The summed E-state index contributed by atoms with van der Waals surface area (Å²) in [6, 6.07) is 7.75. The van der Waals surface area contributed by atoms with Gasteiger partial charge in [-0.2, -0.15) is 0 Å². The molecule has 0 bridgehead atoms. The fraction of sp³-hybridized carbons (Fsp3) is 0.533. The first-order valence-corrected chi connectivity index (χ1v) is 6.66. The van der Waals surface area contributed by atoms with Crippen LogP contribution in [0, 0.1) is 0 Å². The predicted molar refractivity (Wildman–Crippen MR) is 75.7 cm³/mol. The molecule has 1 amide bonds. The summed E-state index contributed by atoms with van der Waals surface area (Å²) in [6.45, 7) is 6.76. The van der Waals surface area contributed by atoms with Crippen molar-refractivity contribution in [1.82, 2.24) is 5.32 Å². The highest BCUT2D eigenvalue weighted by atomic mass is 16.1. The Balaban J connectivity index is 2.87. The molecule has 0 spiro atoms. The van der Waals surface area contributed by atoms with E-state index in [0.717, 1.165) is 30.4 Å². The highest BCUT2D eigenvalue weighted by Crippen LogP contribution is 2.16. The summed E-state index contributed by atoms with van der Waals surface area (Å²) in [7, 11) is 0. The molecule has 0 saturated heterocycles. The average molecular weight is 248 g/mol. The second-order valence-electron chi connectivity index (χ2n) is 4.92. The van der Waals surface area contributed by atoms with Gasteiger partial charge in [-0.3, -0.25) is 4.79 Å². The third kappa shape index (κ3) is 3.57. The summed E-state index contributed by atoms with van der Waals surface area (Å²) in [5.41, 5.74) is 7.25. The number of nitrogens with one attached hydrogen (secondary N) is 1. The van der Waals surface area contributed by atoms with E-state index < -0.39 is 0 Å². The van der Waals surface area contributed by atoms with Crippen molar-refractivity contribution in [3.05, 3.63) is 35.4 Å². The molecule has 1 unspecified atom stereocenters. The van der Waals surface area contributed by atoms with Crippen molar-refractivity contribution in [1.29, 1.82) is 0 Å². The Morgan fingerprint density at radius 3 is 2.56 bits per heavy atom. The van der Waals surface area contributed by atoms with Crippen molar-refractivity contribution in [2.45, 2.75) is 45.6 Å². The number of nitrogens with two attached hydrogens (primary N) is 1. The van der Waals surface area contributed by atoms with Crippen molar-refractivity contribution in [3.63, 3.8) is 0 Å². The third-order valence-electron chi connectivity index (χ3n) is 3.53. The van der Waals surface area contributed by atoms with E-state index in [4.69, 9.17) is 5.73 Å². The smallest absolute Gasteiger partial charge is 0.251 e. The van der Waals surface area contributed by atoms with Crippen molar-refractivity contribution in [3.8, 4) is 0 Å². The zero-order valence-electron chi connectivity index (χ0n) is 11.6. The van der Waals surface area contributed by atoms with Gasteiger partial charge in [-0.05, 0) is 44.4 Å². The lowest BCUT2D eigenvalue weighted by Crippen LogP contribution is -2.47. The van der Waals surface area contributed by atoms with Crippen molar-refractivity contribution in [2.24, 2.45) is 5.73 Å². The van der Waals surface area contributed by atoms with Crippen LogP contribution in [-0.2, 0) is 6.42 Å². The summed E-state index contributed by atoms with van der Waals surface area (Å²) in [5, 5.41) is 3.12. The Hall–Kier alpha value is -1.35. The second kappa shape index (κ2) is 6.55. The van der Waals surface area contributed by atoms with Gasteiger partial charge in [-0.25, -0.2) is 0 Å². The van der Waals surface area contributed by atoms with E-state index in [1.807, 2.05) is 31.2 Å². The number of carbonyl (C=O) groups excluding carboxylic acids is 1. The van der Waals surface area contributed by atoms with Crippen LogP contribution in [0.1, 0.15) is 49.5 Å². The van der Waals surface area contributed by atoms with E-state index >= 15 is 0 Å². The van der Waals surface area contributed by atoms with E-state index in [9.17, 15) is 4.79 Å². The Morgan fingerprint density at radius 1 is 1.33 bits per heavy atom. The standard InChI is InChI=1S/C15H24N2O/c1-4-12-8-6-7-9-13(12)14(18)17-15(3,5-2)10-11-16/h6-9H,4-5,10-11,16H2,1-3H3,(H,17,18). The number of aryl methyl sites for hydroxylation is 1. The minimum atomic E-state index is -0.216. The molecule has 3 heteroatoms. The SMILES string of the molecule is CCc1ccccc1C(=O)NC(C)(CC)CCN. The molecule has 1 aromatic carbocycles. The van der Waals surface area contributed by atoms with Crippen molar-refractivity contribution >= 4 is 5.91 Å². The molecule has 0 fully saturated rings. The number of amides is 1. The summed E-state index contributed by atoms with van der Waals surface area (Å²) in [5.74, 6) is 0.00486. The lowest BCUT2D eigenvalue weighted by molar-refractivity contribution is 0.0899. The maximum Gasteiger partial charge on any atom is 0.251 e. The molecular formula is C15H24N2O. The molecule has 1 rings (SSSR count). The van der Waals surface area contributed by atoms with Crippen molar-refractivity contribution in [2.75, 3.05) is 6.54 Å². The van der Waals surface area contributed by atoms with Gasteiger partial charge in [-0.15, -0.1) is 0 Å². The van der Waals surface area contributed by atoms with Crippen LogP contribution in [0.15, 0.2) is 24.3 Å². The maximum atomic E-state index is 12.3. The Kier molecular flexibility index (Phi) is 5.35. The van der Waals surface area contributed by atoms with Gasteiger partial charge in [0.25, 0.3) is 5.91 Å². The summed E-state index contributed by atoms with van der Waals surface area (Å²) < 4.78 is 0.